The molecule has 200 valence electrons. The summed E-state index contributed by atoms with van der Waals surface area (Å²) in [4.78, 5) is 32.9. The number of aromatic hydroxyl groups is 1. The molecule has 0 saturated carbocycles. The SMILES string of the molecule is Cc1cccn2c(C)c(C(O)=C3C(=O)C(=O)N(c4nnc(SCc5ccccc5)s4)C3c3ccc(O)cc3)nc12. The van der Waals surface area contributed by atoms with Gasteiger partial charge in [-0.25, -0.2) is 4.98 Å². The number of hydrogen-bond donors (Lipinski definition) is 2. The van der Waals surface area contributed by atoms with E-state index in [9.17, 15) is 19.8 Å². The van der Waals surface area contributed by atoms with E-state index in [1.54, 1.807) is 19.1 Å². The molecular weight excluding hydrogens is 546 g/mol. The molecule has 1 atom stereocenters. The van der Waals surface area contributed by atoms with Crippen LogP contribution in [0.15, 0.2) is 82.8 Å². The molecule has 1 unspecified atom stereocenters. The topological polar surface area (TPSA) is 121 Å². The molecule has 1 amide bonds. The van der Waals surface area contributed by atoms with E-state index in [-0.39, 0.29) is 27.9 Å². The number of anilines is 1. The fourth-order valence-electron chi connectivity index (χ4n) is 4.75. The van der Waals surface area contributed by atoms with E-state index in [1.165, 1.54) is 40.1 Å². The molecule has 2 N–H and O–H groups in total. The van der Waals surface area contributed by atoms with E-state index < -0.39 is 17.7 Å². The number of carbonyl (C=O) groups is 2. The zero-order valence-electron chi connectivity index (χ0n) is 21.5. The fraction of sp³-hybridized carbons (Fsp3) is 0.138. The number of carbonyl (C=O) groups excluding carboxylic acids is 2. The average molecular weight is 570 g/mol. The van der Waals surface area contributed by atoms with E-state index in [1.807, 2.05) is 60.0 Å². The highest BCUT2D eigenvalue weighted by atomic mass is 32.2. The Labute approximate surface area is 237 Å². The first-order valence-corrected chi connectivity index (χ1v) is 14.2. The molecular formula is C29H23N5O4S2. The molecule has 1 fully saturated rings. The molecule has 1 saturated heterocycles. The molecule has 9 nitrogen and oxygen atoms in total. The van der Waals surface area contributed by atoms with Crippen molar-refractivity contribution >= 4 is 51.3 Å². The van der Waals surface area contributed by atoms with Crippen molar-refractivity contribution in [1.29, 1.82) is 0 Å². The van der Waals surface area contributed by atoms with Crippen molar-refractivity contribution in [2.75, 3.05) is 4.90 Å². The molecule has 1 aliphatic rings. The number of hydrogen-bond acceptors (Lipinski definition) is 9. The minimum absolute atomic E-state index is 0.0304. The number of aliphatic hydroxyl groups excluding tert-OH is 1. The van der Waals surface area contributed by atoms with Crippen molar-refractivity contribution in [2.45, 2.75) is 30.0 Å². The third kappa shape index (κ3) is 4.42. The number of amides is 1. The van der Waals surface area contributed by atoms with E-state index in [4.69, 9.17) is 0 Å². The van der Waals surface area contributed by atoms with Gasteiger partial charge in [0.05, 0.1) is 17.3 Å². The van der Waals surface area contributed by atoms with E-state index in [2.05, 4.69) is 15.2 Å². The van der Waals surface area contributed by atoms with E-state index in [0.717, 1.165) is 11.1 Å². The standard InChI is InChI=1S/C29H23N5O4S2/c1-16-7-6-14-33-17(2)22(30-26(16)33)24(36)21-23(19-10-12-20(35)13-11-19)34(27(38)25(21)37)28-31-32-29(40-28)39-15-18-8-4-3-5-9-18/h3-14,23,35-36H,15H2,1-2H3. The molecule has 0 aliphatic carbocycles. The highest BCUT2D eigenvalue weighted by molar-refractivity contribution is 8.00. The Morgan fingerprint density at radius 1 is 1.00 bits per heavy atom. The Bertz CT molecular complexity index is 1790. The number of fused-ring (bicyclic) bond motifs is 1. The van der Waals surface area contributed by atoms with Gasteiger partial charge in [-0.2, -0.15) is 0 Å². The van der Waals surface area contributed by atoms with Crippen LogP contribution in [-0.4, -0.2) is 41.5 Å². The van der Waals surface area contributed by atoms with Gasteiger partial charge >= 0.3 is 5.91 Å². The molecule has 11 heteroatoms. The summed E-state index contributed by atoms with van der Waals surface area (Å²) in [7, 11) is 0. The van der Waals surface area contributed by atoms with Crippen LogP contribution in [0.4, 0.5) is 5.13 Å². The van der Waals surface area contributed by atoms with Crippen molar-refractivity contribution < 1.29 is 19.8 Å². The largest absolute Gasteiger partial charge is 0.508 e. The van der Waals surface area contributed by atoms with Gasteiger partial charge in [-0.15, -0.1) is 10.2 Å². The first-order valence-electron chi connectivity index (χ1n) is 12.4. The van der Waals surface area contributed by atoms with Crippen molar-refractivity contribution in [3.63, 3.8) is 0 Å². The zero-order valence-corrected chi connectivity index (χ0v) is 23.1. The molecule has 4 heterocycles. The Morgan fingerprint density at radius 3 is 2.48 bits per heavy atom. The summed E-state index contributed by atoms with van der Waals surface area (Å²) in [5, 5.41) is 30.2. The minimum atomic E-state index is -0.995. The highest BCUT2D eigenvalue weighted by Gasteiger charge is 2.48. The number of rotatable bonds is 6. The summed E-state index contributed by atoms with van der Waals surface area (Å²) in [5.74, 6) is -1.35. The molecule has 0 bridgehead atoms. The van der Waals surface area contributed by atoms with Crippen LogP contribution in [0.5, 0.6) is 5.75 Å². The van der Waals surface area contributed by atoms with Crippen LogP contribution in [0.3, 0.4) is 0 Å². The third-order valence-electron chi connectivity index (χ3n) is 6.77. The van der Waals surface area contributed by atoms with Crippen LogP contribution in [0, 0.1) is 13.8 Å². The first kappa shape index (κ1) is 25.8. The second kappa shape index (κ2) is 10.2. The van der Waals surface area contributed by atoms with Gasteiger partial charge in [0.1, 0.15) is 17.1 Å². The second-order valence-electron chi connectivity index (χ2n) is 9.32. The number of imidazole rings is 1. The molecule has 0 spiro atoms. The van der Waals surface area contributed by atoms with Gasteiger partial charge in [-0.1, -0.05) is 71.6 Å². The summed E-state index contributed by atoms with van der Waals surface area (Å²) in [6, 6.07) is 18.8. The second-order valence-corrected chi connectivity index (χ2v) is 11.5. The summed E-state index contributed by atoms with van der Waals surface area (Å²) >= 11 is 2.67. The minimum Gasteiger partial charge on any atom is -0.508 e. The van der Waals surface area contributed by atoms with Crippen LogP contribution in [0.2, 0.25) is 0 Å². The highest BCUT2D eigenvalue weighted by Crippen LogP contribution is 2.44. The lowest BCUT2D eigenvalue weighted by atomic mass is 9.96. The van der Waals surface area contributed by atoms with Crippen LogP contribution >= 0.6 is 23.1 Å². The number of phenolic OH excluding ortho intramolecular Hbond substituents is 1. The molecule has 0 radical (unpaired) electrons. The van der Waals surface area contributed by atoms with Gasteiger partial charge in [0.2, 0.25) is 5.13 Å². The number of thioether (sulfide) groups is 1. The van der Waals surface area contributed by atoms with E-state index >= 15 is 0 Å². The fourth-order valence-corrected chi connectivity index (χ4v) is 6.58. The van der Waals surface area contributed by atoms with Gasteiger partial charge in [-0.3, -0.25) is 14.5 Å². The maximum Gasteiger partial charge on any atom is 0.301 e. The van der Waals surface area contributed by atoms with Crippen molar-refractivity contribution in [3.8, 4) is 5.75 Å². The summed E-state index contributed by atoms with van der Waals surface area (Å²) in [6.45, 7) is 3.70. The lowest BCUT2D eigenvalue weighted by Crippen LogP contribution is -2.29. The quantitative estimate of drug-likeness (QED) is 0.0914. The Kier molecular flexibility index (Phi) is 6.60. The number of phenols is 1. The van der Waals surface area contributed by atoms with Crippen molar-refractivity contribution in [1.82, 2.24) is 19.6 Å². The number of Topliss-reactive ketones (excluding diaryl/α,β-unsaturated/α-hetero) is 1. The molecule has 3 aromatic heterocycles. The first-order chi connectivity index (χ1) is 19.3. The smallest absolute Gasteiger partial charge is 0.301 e. The molecule has 5 aromatic rings. The summed E-state index contributed by atoms with van der Waals surface area (Å²) in [5.41, 5.74) is 3.91. The van der Waals surface area contributed by atoms with Crippen LogP contribution in [0.25, 0.3) is 11.4 Å². The molecule has 2 aromatic carbocycles. The number of nitrogens with zero attached hydrogens (tertiary/aromatic N) is 5. The number of aryl methyl sites for hydroxylation is 2. The number of aromatic nitrogens is 4. The number of benzene rings is 2. The lowest BCUT2D eigenvalue weighted by Gasteiger charge is -2.22. The number of pyridine rings is 1. The Hall–Kier alpha value is -4.48. The van der Waals surface area contributed by atoms with Gasteiger partial charge in [-0.05, 0) is 48.7 Å². The Balaban J connectivity index is 1.45. The normalized spacial score (nSPS) is 16.8. The average Bonchev–Trinajstić information content (AvgIpc) is 3.64. The predicted octanol–water partition coefficient (Wildman–Crippen LogP) is 5.43. The van der Waals surface area contributed by atoms with Crippen LogP contribution in [0.1, 0.15) is 34.1 Å². The van der Waals surface area contributed by atoms with Gasteiger partial charge < -0.3 is 14.6 Å². The maximum atomic E-state index is 13.5. The predicted molar refractivity (Wildman–Crippen MR) is 153 cm³/mol. The monoisotopic (exact) mass is 569 g/mol. The summed E-state index contributed by atoms with van der Waals surface area (Å²) in [6.07, 6.45) is 1.83. The zero-order chi connectivity index (χ0) is 28.0. The molecule has 6 rings (SSSR count). The number of aliphatic hydroxyl groups is 1. The number of ketones is 1. The van der Waals surface area contributed by atoms with Crippen molar-refractivity contribution in [2.24, 2.45) is 0 Å². The van der Waals surface area contributed by atoms with E-state index in [0.29, 0.717) is 27.0 Å². The van der Waals surface area contributed by atoms with Gasteiger partial charge in [0, 0.05) is 11.9 Å². The van der Waals surface area contributed by atoms with Crippen LogP contribution in [-0.2, 0) is 15.3 Å². The van der Waals surface area contributed by atoms with Crippen LogP contribution < -0.4 is 4.90 Å². The molecule has 1 aliphatic heterocycles. The molecule has 40 heavy (non-hydrogen) atoms. The summed E-state index contributed by atoms with van der Waals surface area (Å²) < 4.78 is 2.47. The van der Waals surface area contributed by atoms with Crippen molar-refractivity contribution in [3.05, 3.63) is 107 Å². The lowest BCUT2D eigenvalue weighted by molar-refractivity contribution is -0.132. The van der Waals surface area contributed by atoms with Gasteiger partial charge in [0.25, 0.3) is 5.78 Å². The Morgan fingerprint density at radius 2 is 1.75 bits per heavy atom. The van der Waals surface area contributed by atoms with Gasteiger partial charge in [0.15, 0.2) is 10.1 Å². The third-order valence-corrected chi connectivity index (χ3v) is 8.90. The maximum absolute atomic E-state index is 13.5.